The summed E-state index contributed by atoms with van der Waals surface area (Å²) in [6, 6.07) is 3.78. The summed E-state index contributed by atoms with van der Waals surface area (Å²) in [5.41, 5.74) is 0.564. The lowest BCUT2D eigenvalue weighted by atomic mass is 9.99. The molecule has 0 aromatic carbocycles. The Labute approximate surface area is 124 Å². The molecule has 2 atom stereocenters. The maximum Gasteiger partial charge on any atom is 0.233 e. The molecule has 2 heterocycles. The molecule has 0 aliphatic carbocycles. The summed E-state index contributed by atoms with van der Waals surface area (Å²) >= 11 is 0. The Kier molecular flexibility index (Phi) is 5.21. The van der Waals surface area contributed by atoms with Gasteiger partial charge in [-0.1, -0.05) is 25.9 Å². The molecule has 0 saturated carbocycles. The maximum atomic E-state index is 5.37. The third-order valence-corrected chi connectivity index (χ3v) is 3.42. The van der Waals surface area contributed by atoms with Crippen molar-refractivity contribution in [2.24, 2.45) is 0 Å². The summed E-state index contributed by atoms with van der Waals surface area (Å²) in [5, 5.41) is 15.3. The van der Waals surface area contributed by atoms with E-state index < -0.39 is 0 Å². The molecule has 0 aliphatic heterocycles. The molecule has 2 rings (SSSR count). The summed E-state index contributed by atoms with van der Waals surface area (Å²) in [6.45, 7) is 7.21. The van der Waals surface area contributed by atoms with Crippen LogP contribution in [0.4, 0.5) is 0 Å². The second-order valence-corrected chi connectivity index (χ2v) is 4.78. The molecule has 21 heavy (non-hydrogen) atoms. The van der Waals surface area contributed by atoms with Crippen molar-refractivity contribution in [1.82, 2.24) is 25.7 Å². The molecule has 0 aliphatic rings. The molecule has 0 amide bonds. The predicted octanol–water partition coefficient (Wildman–Crippen LogP) is 2.03. The highest BCUT2D eigenvalue weighted by molar-refractivity contribution is 5.47. The van der Waals surface area contributed by atoms with Gasteiger partial charge in [0, 0.05) is 12.1 Å². The highest BCUT2D eigenvalue weighted by Gasteiger charge is 2.23. The average Bonchev–Trinajstić information content (AvgIpc) is 3.02. The van der Waals surface area contributed by atoms with Crippen molar-refractivity contribution in [3.05, 3.63) is 18.0 Å². The van der Waals surface area contributed by atoms with Crippen LogP contribution < -0.4 is 10.1 Å². The summed E-state index contributed by atoms with van der Waals surface area (Å²) in [7, 11) is 1.55. The van der Waals surface area contributed by atoms with E-state index in [2.05, 4.69) is 46.4 Å². The van der Waals surface area contributed by atoms with Crippen molar-refractivity contribution < 1.29 is 9.26 Å². The minimum absolute atomic E-state index is 0.141. The van der Waals surface area contributed by atoms with Crippen LogP contribution in [0.1, 0.15) is 39.0 Å². The topological polar surface area (TPSA) is 86.0 Å². The molecular formula is C14H21N5O2. The van der Waals surface area contributed by atoms with Crippen LogP contribution in [-0.2, 0) is 0 Å². The molecule has 1 N–H and O–H groups in total. The molecule has 0 fully saturated rings. The standard InChI is InChI=1S/C14H21N5O2/c1-5-10(15-6-2)9(3)14-16-13(19-21-14)11-7-8-12(20-4)18-17-11/h7-10,15H,5-6H2,1-4H3. The van der Waals surface area contributed by atoms with Gasteiger partial charge in [0.2, 0.25) is 17.6 Å². The van der Waals surface area contributed by atoms with Crippen LogP contribution in [0.15, 0.2) is 16.7 Å². The number of nitrogens with one attached hydrogen (secondary N) is 1. The summed E-state index contributed by atoms with van der Waals surface area (Å²) < 4.78 is 10.3. The molecule has 0 bridgehead atoms. The summed E-state index contributed by atoms with van der Waals surface area (Å²) in [5.74, 6) is 1.64. The van der Waals surface area contributed by atoms with Crippen LogP contribution in [0, 0.1) is 0 Å². The van der Waals surface area contributed by atoms with Gasteiger partial charge in [0.25, 0.3) is 0 Å². The Morgan fingerprint density at radius 1 is 1.29 bits per heavy atom. The SMILES string of the molecule is CCNC(CC)C(C)c1nc(-c2ccc(OC)nn2)no1. The van der Waals surface area contributed by atoms with Gasteiger partial charge in [0.1, 0.15) is 5.69 Å². The van der Waals surface area contributed by atoms with Crippen LogP contribution in [0.5, 0.6) is 5.88 Å². The number of rotatable bonds is 7. The molecule has 0 spiro atoms. The van der Waals surface area contributed by atoms with Gasteiger partial charge in [-0.05, 0) is 19.0 Å². The van der Waals surface area contributed by atoms with Gasteiger partial charge in [0.05, 0.1) is 13.0 Å². The second-order valence-electron chi connectivity index (χ2n) is 4.78. The average molecular weight is 291 g/mol. The van der Waals surface area contributed by atoms with Crippen LogP contribution in [0.3, 0.4) is 0 Å². The van der Waals surface area contributed by atoms with Gasteiger partial charge < -0.3 is 14.6 Å². The van der Waals surface area contributed by atoms with Crippen molar-refractivity contribution >= 4 is 0 Å². The van der Waals surface area contributed by atoms with Crippen LogP contribution in [-0.4, -0.2) is 40.0 Å². The smallest absolute Gasteiger partial charge is 0.233 e. The molecule has 2 aromatic heterocycles. The number of aromatic nitrogens is 4. The fourth-order valence-electron chi connectivity index (χ4n) is 2.18. The zero-order valence-corrected chi connectivity index (χ0v) is 12.8. The van der Waals surface area contributed by atoms with E-state index in [0.29, 0.717) is 29.3 Å². The molecular weight excluding hydrogens is 270 g/mol. The third kappa shape index (κ3) is 3.55. The van der Waals surface area contributed by atoms with E-state index in [0.717, 1.165) is 13.0 Å². The van der Waals surface area contributed by atoms with Gasteiger partial charge in [-0.3, -0.25) is 0 Å². The van der Waals surface area contributed by atoms with Gasteiger partial charge >= 0.3 is 0 Å². The van der Waals surface area contributed by atoms with Crippen molar-refractivity contribution in [3.63, 3.8) is 0 Å². The number of nitrogens with zero attached hydrogens (tertiary/aromatic N) is 4. The number of likely N-dealkylation sites (N-methyl/N-ethyl adjacent to an activating group) is 1. The third-order valence-electron chi connectivity index (χ3n) is 3.42. The number of ether oxygens (including phenoxy) is 1. The molecule has 0 radical (unpaired) electrons. The fraction of sp³-hybridized carbons (Fsp3) is 0.571. The molecule has 2 unspecified atom stereocenters. The van der Waals surface area contributed by atoms with E-state index in [-0.39, 0.29) is 5.92 Å². The Balaban J connectivity index is 2.16. The Bertz CT molecular complexity index is 555. The van der Waals surface area contributed by atoms with Crippen molar-refractivity contribution in [3.8, 4) is 17.4 Å². The van der Waals surface area contributed by atoms with Gasteiger partial charge in [-0.25, -0.2) is 0 Å². The Hall–Kier alpha value is -2.02. The highest BCUT2D eigenvalue weighted by atomic mass is 16.5. The first-order valence-electron chi connectivity index (χ1n) is 7.14. The lowest BCUT2D eigenvalue weighted by molar-refractivity contribution is 0.321. The van der Waals surface area contributed by atoms with Crippen LogP contribution in [0.25, 0.3) is 11.5 Å². The summed E-state index contributed by atoms with van der Waals surface area (Å²) in [4.78, 5) is 4.43. The lowest BCUT2D eigenvalue weighted by Crippen LogP contribution is -2.33. The van der Waals surface area contributed by atoms with E-state index in [1.807, 2.05) is 0 Å². The van der Waals surface area contributed by atoms with Crippen molar-refractivity contribution in [2.45, 2.75) is 39.2 Å². The molecule has 2 aromatic rings. The normalized spacial score (nSPS) is 13.9. The minimum Gasteiger partial charge on any atom is -0.480 e. The van der Waals surface area contributed by atoms with Crippen LogP contribution in [0.2, 0.25) is 0 Å². The van der Waals surface area contributed by atoms with Crippen molar-refractivity contribution in [1.29, 1.82) is 0 Å². The largest absolute Gasteiger partial charge is 0.480 e. The summed E-state index contributed by atoms with van der Waals surface area (Å²) in [6.07, 6.45) is 0.995. The first-order chi connectivity index (χ1) is 10.2. The monoisotopic (exact) mass is 291 g/mol. The number of hydrogen-bond acceptors (Lipinski definition) is 7. The zero-order chi connectivity index (χ0) is 15.2. The minimum atomic E-state index is 0.141. The quantitative estimate of drug-likeness (QED) is 0.835. The Morgan fingerprint density at radius 3 is 2.67 bits per heavy atom. The lowest BCUT2D eigenvalue weighted by Gasteiger charge is -2.20. The van der Waals surface area contributed by atoms with Gasteiger partial charge in [-0.2, -0.15) is 4.98 Å². The first kappa shape index (κ1) is 15.4. The molecule has 7 nitrogen and oxygen atoms in total. The predicted molar refractivity (Wildman–Crippen MR) is 78.0 cm³/mol. The van der Waals surface area contributed by atoms with E-state index >= 15 is 0 Å². The first-order valence-corrected chi connectivity index (χ1v) is 7.14. The van der Waals surface area contributed by atoms with E-state index in [1.165, 1.54) is 0 Å². The Morgan fingerprint density at radius 2 is 2.10 bits per heavy atom. The van der Waals surface area contributed by atoms with Gasteiger partial charge in [-0.15, -0.1) is 10.2 Å². The molecule has 0 saturated heterocycles. The zero-order valence-electron chi connectivity index (χ0n) is 12.8. The van der Waals surface area contributed by atoms with E-state index in [9.17, 15) is 0 Å². The van der Waals surface area contributed by atoms with E-state index in [4.69, 9.17) is 9.26 Å². The fourth-order valence-corrected chi connectivity index (χ4v) is 2.18. The van der Waals surface area contributed by atoms with Crippen molar-refractivity contribution in [2.75, 3.05) is 13.7 Å². The molecule has 7 heteroatoms. The van der Waals surface area contributed by atoms with Crippen LogP contribution >= 0.6 is 0 Å². The molecule has 114 valence electrons. The van der Waals surface area contributed by atoms with Gasteiger partial charge in [0.15, 0.2) is 0 Å². The number of methoxy groups -OCH3 is 1. The van der Waals surface area contributed by atoms with E-state index in [1.54, 1.807) is 19.2 Å². The number of hydrogen-bond donors (Lipinski definition) is 1. The maximum absolute atomic E-state index is 5.37. The second kappa shape index (κ2) is 7.12. The highest BCUT2D eigenvalue weighted by Crippen LogP contribution is 2.22.